The van der Waals surface area contributed by atoms with E-state index >= 15 is 0 Å². The monoisotopic (exact) mass is 1060 g/mol. The molecule has 2 N–H and O–H groups in total. The number of Topliss-reactive ketones (excluding diaryl/α,β-unsaturated/α-hetero) is 3. The number of epoxide rings is 1. The number of carbonyl (C=O) groups is 6. The molecule has 5 rings (SSSR count). The molecule has 2 saturated heterocycles. The number of nitrogens with one attached hydrogen (secondary N) is 2. The number of nitrogens with zero attached hydrogens (tertiary/aromatic N) is 2. The van der Waals surface area contributed by atoms with Crippen LogP contribution < -0.4 is 15.4 Å². The first kappa shape index (κ1) is 61.9. The Hall–Kier alpha value is -5.66. The highest BCUT2D eigenvalue weighted by Gasteiger charge is 2.50. The van der Waals surface area contributed by atoms with Crippen molar-refractivity contribution in [1.82, 2.24) is 10.6 Å². The van der Waals surface area contributed by atoms with Gasteiger partial charge >= 0.3 is 5.97 Å². The van der Waals surface area contributed by atoms with E-state index in [0.29, 0.717) is 87.2 Å². The predicted octanol–water partition coefficient (Wildman–Crippen LogP) is 6.57. The van der Waals surface area contributed by atoms with Crippen molar-refractivity contribution in [2.75, 3.05) is 52.8 Å². The maximum Gasteiger partial charge on any atom is 0.316 e. The molecule has 5 atom stereocenters. The van der Waals surface area contributed by atoms with Crippen molar-refractivity contribution in [3.63, 3.8) is 0 Å². The van der Waals surface area contributed by atoms with E-state index in [1.807, 2.05) is 100 Å². The Balaban J connectivity index is 0.00000232. The number of hydrogen-bond donors (Lipinski definition) is 2. The Bertz CT molecular complexity index is 2510. The van der Waals surface area contributed by atoms with E-state index in [1.165, 1.54) is 13.3 Å². The summed E-state index contributed by atoms with van der Waals surface area (Å²) in [4.78, 5) is 89.4. The summed E-state index contributed by atoms with van der Waals surface area (Å²) in [6.07, 6.45) is 3.82. The van der Waals surface area contributed by atoms with Crippen molar-refractivity contribution in [1.29, 1.82) is 0 Å². The number of carbonyl (C=O) groups excluding carboxylic acids is 6. The minimum atomic E-state index is -3.92. The lowest BCUT2D eigenvalue weighted by atomic mass is 9.87. The van der Waals surface area contributed by atoms with Gasteiger partial charge in [-0.15, -0.1) is 0 Å². The van der Waals surface area contributed by atoms with Crippen LogP contribution in [0.25, 0.3) is 0 Å². The molecule has 2 aliphatic heterocycles. The van der Waals surface area contributed by atoms with Crippen LogP contribution in [0, 0.1) is 29.1 Å². The maximum absolute atomic E-state index is 14.7. The molecule has 75 heavy (non-hydrogen) atoms. The minimum Gasteiger partial charge on any atom is -0.748 e. The normalized spacial score (nSPS) is 17.9. The summed E-state index contributed by atoms with van der Waals surface area (Å²) >= 11 is 0. The number of ether oxygens (including phenoxy) is 3. The molecule has 3 aromatic carbocycles. The number of esters is 1. The van der Waals surface area contributed by atoms with Crippen LogP contribution in [0.5, 0.6) is 5.75 Å². The Morgan fingerprint density at radius 2 is 1.36 bits per heavy atom. The number of oxime groups is 1. The fraction of sp³-hybridized carbons (Fsp3) is 0.561. The fourth-order valence-corrected chi connectivity index (χ4v) is 8.95. The summed E-state index contributed by atoms with van der Waals surface area (Å²) < 4.78 is 44.7. The van der Waals surface area contributed by atoms with Gasteiger partial charge in [0.2, 0.25) is 11.8 Å². The Morgan fingerprint density at radius 1 is 0.813 bits per heavy atom. The van der Waals surface area contributed by atoms with Crippen LogP contribution in [-0.4, -0.2) is 129 Å². The number of morpholine rings is 1. The molecule has 3 aromatic rings. The van der Waals surface area contributed by atoms with Crippen LogP contribution in [0.15, 0.2) is 84.0 Å². The fourth-order valence-electron chi connectivity index (χ4n) is 8.95. The van der Waals surface area contributed by atoms with Gasteiger partial charge in [0.15, 0.2) is 17.3 Å². The van der Waals surface area contributed by atoms with Gasteiger partial charge in [-0.3, -0.25) is 28.8 Å². The average Bonchev–Trinajstić information content (AvgIpc) is 4.09. The summed E-state index contributed by atoms with van der Waals surface area (Å²) in [6.45, 7) is 18.0. The molecule has 2 heterocycles. The van der Waals surface area contributed by atoms with Crippen molar-refractivity contribution in [3.05, 3.63) is 101 Å². The lowest BCUT2D eigenvalue weighted by Crippen LogP contribution is -2.57. The summed E-state index contributed by atoms with van der Waals surface area (Å²) in [5, 5.41) is 10.0. The van der Waals surface area contributed by atoms with Crippen LogP contribution in [0.2, 0.25) is 0 Å². The molecular weight excluding hydrogens is 981 g/mol. The largest absolute Gasteiger partial charge is 0.748 e. The second-order valence-electron chi connectivity index (χ2n) is 22.1. The van der Waals surface area contributed by atoms with Crippen LogP contribution >= 0.6 is 0 Å². The molecule has 0 radical (unpaired) electrons. The van der Waals surface area contributed by atoms with Crippen LogP contribution in [0.3, 0.4) is 0 Å². The average molecular weight is 1060 g/mol. The molecule has 2 aliphatic rings. The number of amides is 2. The topological polar surface area (TPSA) is 236 Å². The van der Waals surface area contributed by atoms with Gasteiger partial charge in [0.05, 0.1) is 53.7 Å². The molecule has 17 nitrogen and oxygen atoms in total. The summed E-state index contributed by atoms with van der Waals surface area (Å²) in [6, 6.07) is 23.1. The van der Waals surface area contributed by atoms with Crippen molar-refractivity contribution in [3.8, 4) is 5.75 Å². The third-order valence-corrected chi connectivity index (χ3v) is 13.1. The highest BCUT2D eigenvalue weighted by Crippen LogP contribution is 2.31. The summed E-state index contributed by atoms with van der Waals surface area (Å²) in [5.74, 6) is -2.85. The van der Waals surface area contributed by atoms with Gasteiger partial charge in [0, 0.05) is 42.1 Å². The van der Waals surface area contributed by atoms with E-state index in [4.69, 9.17) is 32.0 Å². The molecule has 0 aliphatic carbocycles. The number of aryl methyl sites for hydroxylation is 1. The first-order chi connectivity index (χ1) is 35.2. The molecule has 2 amide bonds. The second kappa shape index (κ2) is 28.5. The highest BCUT2D eigenvalue weighted by atomic mass is 32.2. The number of ketones is 3. The van der Waals surface area contributed by atoms with Crippen molar-refractivity contribution in [2.24, 2.45) is 34.2 Å². The zero-order chi connectivity index (χ0) is 55.6. The van der Waals surface area contributed by atoms with Crippen LogP contribution in [0.4, 0.5) is 0 Å². The van der Waals surface area contributed by atoms with Crippen molar-refractivity contribution in [2.45, 2.75) is 125 Å². The highest BCUT2D eigenvalue weighted by molar-refractivity contribution is 7.84. The van der Waals surface area contributed by atoms with E-state index in [2.05, 4.69) is 15.8 Å². The molecule has 0 unspecified atom stereocenters. The summed E-state index contributed by atoms with van der Waals surface area (Å²) in [7, 11) is -2.48. The quantitative estimate of drug-likeness (QED) is 0.0156. The third-order valence-electron chi connectivity index (χ3n) is 13.1. The number of quaternary nitrogens is 1. The number of rotatable bonds is 27. The Kier molecular flexibility index (Phi) is 23.5. The zero-order valence-electron chi connectivity index (χ0n) is 45.6. The van der Waals surface area contributed by atoms with E-state index in [0.717, 1.165) is 16.7 Å². The van der Waals surface area contributed by atoms with E-state index < -0.39 is 56.9 Å². The molecule has 0 spiro atoms. The lowest BCUT2D eigenvalue weighted by Gasteiger charge is -2.41. The van der Waals surface area contributed by atoms with Gasteiger partial charge in [-0.05, 0) is 101 Å². The van der Waals surface area contributed by atoms with E-state index in [-0.39, 0.29) is 60.9 Å². The lowest BCUT2D eigenvalue weighted by molar-refractivity contribution is -0.940. The number of hydrogen-bond acceptors (Lipinski definition) is 14. The molecule has 0 aromatic heterocycles. The van der Waals surface area contributed by atoms with Gasteiger partial charge in [-0.25, -0.2) is 8.42 Å². The van der Waals surface area contributed by atoms with Crippen LogP contribution in [0.1, 0.15) is 110 Å². The predicted molar refractivity (Wildman–Crippen MR) is 284 cm³/mol. The Labute approximate surface area is 444 Å². The van der Waals surface area contributed by atoms with E-state index in [9.17, 15) is 28.8 Å². The van der Waals surface area contributed by atoms with Gasteiger partial charge in [-0.2, -0.15) is 0 Å². The SMILES string of the molecule is CO/N=C/c1cc(C[N+]2(CC(=O)C[C@@H](CCc3ccccc3)C(=O)N[C@@H](CC(C)C)C(=O)C[C@@H](Cc3ccccc3)C(=O)N[C@@H](CC(C)C)C(=O)[C@@]3(C)CO3)CCOCC2)ccc1OC(=O)C(C)(C)C.CS(=O)(=O)[O-]. The maximum atomic E-state index is 14.7. The standard InChI is InChI=1S/C56H76N4O10.CH4O3S/c1-38(2)28-47(49(62)33-44(30-41-18-14-11-15-19-41)53(65)59-48(29-39(3)4)51(63)56(8)37-69-56)58-52(64)43(22-20-40-16-12-10-13-17-40)32-46(61)36-60(24-26-68-27-25-60)35-42-21-23-50(45(31-42)34-57-67-9)70-54(66)55(5,6)7;1-5(2,3)4/h10-19,21,23,31,34,38-39,43-44,47-48H,20,22,24-30,32-33,35-37H2,1-9H3,(H-,58,59,64,65);1H3,(H,2,3,4)/b57-34+;/t43-,44-,47+,48+,56-;/m1./s1. The number of benzene rings is 3. The van der Waals surface area contributed by atoms with Crippen molar-refractivity contribution < 1.29 is 65.3 Å². The molecule has 412 valence electrons. The first-order valence-corrected chi connectivity index (χ1v) is 27.7. The minimum absolute atomic E-state index is 0.0129. The van der Waals surface area contributed by atoms with Gasteiger partial charge in [0.1, 0.15) is 44.6 Å². The van der Waals surface area contributed by atoms with Gasteiger partial charge in [-0.1, -0.05) is 93.5 Å². The molecule has 0 bridgehead atoms. The Morgan fingerprint density at radius 3 is 1.91 bits per heavy atom. The molecule has 2 fully saturated rings. The molecule has 0 saturated carbocycles. The van der Waals surface area contributed by atoms with Crippen LogP contribution in [-0.2, 0) is 72.6 Å². The molecular formula is C57H80N4O13S. The zero-order valence-corrected chi connectivity index (χ0v) is 46.4. The molecule has 18 heteroatoms. The van der Waals surface area contributed by atoms with E-state index in [1.54, 1.807) is 33.8 Å². The second-order valence-corrected chi connectivity index (χ2v) is 23.5. The third kappa shape index (κ3) is 21.8. The first-order valence-electron chi connectivity index (χ1n) is 25.9. The van der Waals surface area contributed by atoms with Crippen molar-refractivity contribution >= 4 is 51.5 Å². The van der Waals surface area contributed by atoms with Gasteiger partial charge < -0.3 is 38.7 Å². The summed E-state index contributed by atoms with van der Waals surface area (Å²) in [5.41, 5.74) is 1.66. The smallest absolute Gasteiger partial charge is 0.316 e. The van der Waals surface area contributed by atoms with Gasteiger partial charge in [0.25, 0.3) is 0 Å².